The van der Waals surface area contributed by atoms with Crippen LogP contribution in [-0.4, -0.2) is 82.8 Å². The van der Waals surface area contributed by atoms with Crippen LogP contribution >= 0.6 is 0 Å². The van der Waals surface area contributed by atoms with Crippen molar-refractivity contribution in [3.8, 4) is 0 Å². The summed E-state index contributed by atoms with van der Waals surface area (Å²) >= 11 is 0. The second kappa shape index (κ2) is 9.12. The maximum absolute atomic E-state index is 12.9. The number of halogens is 3. The molecule has 1 atom stereocenters. The summed E-state index contributed by atoms with van der Waals surface area (Å²) in [5, 5.41) is 11.8. The van der Waals surface area contributed by atoms with Gasteiger partial charge in [0, 0.05) is 44.2 Å². The molecule has 7 nitrogen and oxygen atoms in total. The van der Waals surface area contributed by atoms with Crippen LogP contribution in [0.25, 0.3) is 0 Å². The molecule has 1 aromatic rings. The van der Waals surface area contributed by atoms with E-state index in [1.807, 2.05) is 23.1 Å². The number of aliphatic hydroxyl groups is 1. The van der Waals surface area contributed by atoms with Gasteiger partial charge >= 0.3 is 6.18 Å². The SMILES string of the molecule is O=C1CN(c2ccccn2)CCN1CC1(O)CCN(C(=O)CCC(F)(F)F)CC12CCCC2. The number of nitrogens with zero attached hydrogens (tertiary/aromatic N) is 4. The van der Waals surface area contributed by atoms with Gasteiger partial charge in [0.2, 0.25) is 11.8 Å². The van der Waals surface area contributed by atoms with E-state index in [2.05, 4.69) is 4.98 Å². The number of anilines is 1. The molecule has 182 valence electrons. The minimum absolute atomic E-state index is 0.0860. The minimum Gasteiger partial charge on any atom is -0.387 e. The quantitative estimate of drug-likeness (QED) is 0.719. The Kier molecular flexibility index (Phi) is 6.57. The average molecular weight is 469 g/mol. The van der Waals surface area contributed by atoms with E-state index in [0.717, 1.165) is 18.7 Å². The van der Waals surface area contributed by atoms with Crippen molar-refractivity contribution in [2.24, 2.45) is 5.41 Å². The first kappa shape index (κ1) is 23.8. The Bertz CT molecular complexity index is 860. The normalized spacial score (nSPS) is 25.7. The lowest BCUT2D eigenvalue weighted by Crippen LogP contribution is -2.65. The monoisotopic (exact) mass is 468 g/mol. The third-order valence-corrected chi connectivity index (χ3v) is 7.56. The molecule has 1 saturated carbocycles. The topological polar surface area (TPSA) is 77.0 Å². The van der Waals surface area contributed by atoms with Gasteiger partial charge in [0.05, 0.1) is 25.1 Å². The molecule has 2 saturated heterocycles. The maximum Gasteiger partial charge on any atom is 0.389 e. The molecule has 3 fully saturated rings. The molecule has 2 amide bonds. The van der Waals surface area contributed by atoms with Crippen molar-refractivity contribution in [3.05, 3.63) is 24.4 Å². The van der Waals surface area contributed by atoms with Crippen LogP contribution in [0, 0.1) is 5.41 Å². The van der Waals surface area contributed by atoms with Crippen LogP contribution in [0.3, 0.4) is 0 Å². The van der Waals surface area contributed by atoms with Gasteiger partial charge in [-0.2, -0.15) is 13.2 Å². The van der Waals surface area contributed by atoms with Gasteiger partial charge in [-0.1, -0.05) is 18.9 Å². The second-order valence-electron chi connectivity index (χ2n) is 9.62. The fraction of sp³-hybridized carbons (Fsp3) is 0.696. The summed E-state index contributed by atoms with van der Waals surface area (Å²) in [7, 11) is 0. The van der Waals surface area contributed by atoms with Crippen LogP contribution in [-0.2, 0) is 9.59 Å². The van der Waals surface area contributed by atoms with Gasteiger partial charge in [-0.3, -0.25) is 9.59 Å². The maximum atomic E-state index is 12.9. The summed E-state index contributed by atoms with van der Waals surface area (Å²) in [6.07, 6.45) is -0.914. The van der Waals surface area contributed by atoms with Crippen LogP contribution in [0.15, 0.2) is 24.4 Å². The Hall–Kier alpha value is -2.36. The van der Waals surface area contributed by atoms with Crippen molar-refractivity contribution in [2.75, 3.05) is 44.2 Å². The molecule has 33 heavy (non-hydrogen) atoms. The number of carbonyl (C=O) groups excluding carboxylic acids is 2. The van der Waals surface area contributed by atoms with Crippen LogP contribution in [0.2, 0.25) is 0 Å². The first-order chi connectivity index (χ1) is 15.6. The van der Waals surface area contributed by atoms with Gasteiger partial charge < -0.3 is 19.8 Å². The lowest BCUT2D eigenvalue weighted by atomic mass is 9.65. The molecule has 0 bridgehead atoms. The van der Waals surface area contributed by atoms with Gasteiger partial charge in [-0.25, -0.2) is 4.98 Å². The number of β-amino-alcohol motifs (C(OH)–C–C–N with tert-alkyl or cyclic N) is 1. The summed E-state index contributed by atoms with van der Waals surface area (Å²) in [5.74, 6) is 0.139. The number of piperidine rings is 1. The minimum atomic E-state index is -4.37. The summed E-state index contributed by atoms with van der Waals surface area (Å²) in [6.45, 7) is 1.89. The standard InChI is InChI=1S/C23H31F3N4O3/c24-23(25,26)9-6-19(31)29-12-10-22(33,21(16-29)7-2-3-8-21)17-30-14-13-28(15-20(30)32)18-5-1-4-11-27-18/h1,4-5,11,33H,2-3,6-10,12-17H2. The molecule has 4 rings (SSSR count). The lowest BCUT2D eigenvalue weighted by Gasteiger charge is -2.54. The van der Waals surface area contributed by atoms with Crippen molar-refractivity contribution in [2.45, 2.75) is 56.7 Å². The number of alkyl halides is 3. The molecule has 10 heteroatoms. The van der Waals surface area contributed by atoms with Crippen LogP contribution in [0.5, 0.6) is 0 Å². The highest BCUT2D eigenvalue weighted by Gasteiger charge is 2.56. The molecule has 1 spiro atoms. The van der Waals surface area contributed by atoms with E-state index in [0.29, 0.717) is 25.9 Å². The van der Waals surface area contributed by atoms with E-state index >= 15 is 0 Å². The number of pyridine rings is 1. The fourth-order valence-electron chi connectivity index (χ4n) is 5.65. The summed E-state index contributed by atoms with van der Waals surface area (Å²) in [4.78, 5) is 34.8. The van der Waals surface area contributed by atoms with Crippen molar-refractivity contribution < 1.29 is 27.9 Å². The number of amides is 2. The zero-order valence-electron chi connectivity index (χ0n) is 18.7. The number of carbonyl (C=O) groups is 2. The number of piperazine rings is 1. The predicted molar refractivity (Wildman–Crippen MR) is 115 cm³/mol. The number of likely N-dealkylation sites (tertiary alicyclic amines) is 1. The Labute approximate surface area is 191 Å². The van der Waals surface area contributed by atoms with Gasteiger partial charge in [-0.05, 0) is 31.4 Å². The Morgan fingerprint density at radius 2 is 1.88 bits per heavy atom. The Morgan fingerprint density at radius 1 is 1.12 bits per heavy atom. The molecular formula is C23H31F3N4O3. The second-order valence-corrected chi connectivity index (χ2v) is 9.62. The van der Waals surface area contributed by atoms with E-state index in [4.69, 9.17) is 0 Å². The lowest BCUT2D eigenvalue weighted by molar-refractivity contribution is -0.171. The highest BCUT2D eigenvalue weighted by atomic mass is 19.4. The highest BCUT2D eigenvalue weighted by molar-refractivity contribution is 5.82. The van der Waals surface area contributed by atoms with Gasteiger partial charge in [0.25, 0.3) is 0 Å². The molecule has 2 aliphatic heterocycles. The van der Waals surface area contributed by atoms with Crippen molar-refractivity contribution >= 4 is 17.6 Å². The first-order valence-electron chi connectivity index (χ1n) is 11.6. The largest absolute Gasteiger partial charge is 0.389 e. The van der Waals surface area contributed by atoms with Crippen LogP contribution < -0.4 is 4.90 Å². The van der Waals surface area contributed by atoms with Crippen LogP contribution in [0.4, 0.5) is 19.0 Å². The van der Waals surface area contributed by atoms with E-state index in [9.17, 15) is 27.9 Å². The summed E-state index contributed by atoms with van der Waals surface area (Å²) < 4.78 is 37.7. The number of hydrogen-bond donors (Lipinski definition) is 1. The Balaban J connectivity index is 1.42. The molecule has 1 unspecified atom stereocenters. The van der Waals surface area contributed by atoms with Gasteiger partial charge in [0.1, 0.15) is 5.82 Å². The first-order valence-corrected chi connectivity index (χ1v) is 11.6. The summed E-state index contributed by atoms with van der Waals surface area (Å²) in [5.41, 5.74) is -1.75. The fourth-order valence-corrected chi connectivity index (χ4v) is 5.65. The predicted octanol–water partition coefficient (Wildman–Crippen LogP) is 2.60. The average Bonchev–Trinajstić information content (AvgIpc) is 3.26. The van der Waals surface area contributed by atoms with E-state index in [-0.39, 0.29) is 38.5 Å². The van der Waals surface area contributed by atoms with E-state index < -0.39 is 35.9 Å². The molecule has 3 aliphatic rings. The molecule has 1 N–H and O–H groups in total. The number of hydrogen-bond acceptors (Lipinski definition) is 5. The molecule has 1 aliphatic carbocycles. The molecule has 1 aromatic heterocycles. The number of rotatable bonds is 5. The molecule has 0 aromatic carbocycles. The van der Waals surface area contributed by atoms with Gasteiger partial charge in [-0.15, -0.1) is 0 Å². The van der Waals surface area contributed by atoms with E-state index in [1.165, 1.54) is 4.90 Å². The third kappa shape index (κ3) is 5.10. The van der Waals surface area contributed by atoms with E-state index in [1.54, 1.807) is 11.1 Å². The Morgan fingerprint density at radius 3 is 2.52 bits per heavy atom. The highest BCUT2D eigenvalue weighted by Crippen LogP contribution is 2.51. The van der Waals surface area contributed by atoms with Crippen molar-refractivity contribution in [1.29, 1.82) is 0 Å². The van der Waals surface area contributed by atoms with Crippen LogP contribution in [0.1, 0.15) is 44.9 Å². The third-order valence-electron chi connectivity index (χ3n) is 7.56. The molecule has 3 heterocycles. The zero-order chi connectivity index (χ0) is 23.7. The zero-order valence-corrected chi connectivity index (χ0v) is 18.7. The van der Waals surface area contributed by atoms with Gasteiger partial charge in [0.15, 0.2) is 0 Å². The summed E-state index contributed by atoms with van der Waals surface area (Å²) in [6, 6.07) is 5.55. The van der Waals surface area contributed by atoms with Crippen molar-refractivity contribution in [1.82, 2.24) is 14.8 Å². The smallest absolute Gasteiger partial charge is 0.387 e. The number of aromatic nitrogens is 1. The molecular weight excluding hydrogens is 437 g/mol. The molecule has 0 radical (unpaired) electrons. The van der Waals surface area contributed by atoms with Crippen molar-refractivity contribution in [3.63, 3.8) is 0 Å².